The highest BCUT2D eigenvalue weighted by atomic mass is 19.1. The summed E-state index contributed by atoms with van der Waals surface area (Å²) in [5.41, 5.74) is 2.44. The second kappa shape index (κ2) is 7.29. The maximum atomic E-state index is 14.3. The van der Waals surface area contributed by atoms with Gasteiger partial charge in [-0.3, -0.25) is 4.79 Å². The molecule has 0 aliphatic carbocycles. The molecule has 5 aromatic heterocycles. The molecule has 6 rings (SSSR count). The summed E-state index contributed by atoms with van der Waals surface area (Å²) in [6.07, 6.45) is 4.72. The van der Waals surface area contributed by atoms with Crippen molar-refractivity contribution in [3.8, 4) is 11.6 Å². The van der Waals surface area contributed by atoms with Crippen molar-refractivity contribution in [2.45, 2.75) is 12.5 Å². The van der Waals surface area contributed by atoms with Gasteiger partial charge < -0.3 is 14.3 Å². The van der Waals surface area contributed by atoms with Crippen LogP contribution in [0, 0.1) is 11.6 Å². The van der Waals surface area contributed by atoms with Gasteiger partial charge in [-0.15, -0.1) is 10.2 Å². The van der Waals surface area contributed by atoms with E-state index in [1.54, 1.807) is 24.7 Å². The number of nitrogens with one attached hydrogen (secondary N) is 1. The summed E-state index contributed by atoms with van der Waals surface area (Å²) in [6.45, 7) is 0.321. The van der Waals surface area contributed by atoms with Crippen LogP contribution >= 0.6 is 0 Å². The molecule has 0 aromatic carbocycles. The van der Waals surface area contributed by atoms with Gasteiger partial charge in [-0.05, 0) is 30.3 Å². The number of rotatable bonds is 3. The average molecular weight is 448 g/mol. The highest BCUT2D eigenvalue weighted by molar-refractivity contribution is 5.90. The molecule has 1 unspecified atom stereocenters. The quantitative estimate of drug-likeness (QED) is 0.451. The Morgan fingerprint density at radius 2 is 2.09 bits per heavy atom. The number of fused-ring (bicyclic) bond motifs is 2. The Morgan fingerprint density at radius 1 is 1.18 bits per heavy atom. The van der Waals surface area contributed by atoms with Crippen molar-refractivity contribution >= 4 is 11.4 Å². The van der Waals surface area contributed by atoms with Crippen LogP contribution in [-0.2, 0) is 6.42 Å². The number of pyridine rings is 2. The Balaban J connectivity index is 1.40. The second-order valence-corrected chi connectivity index (χ2v) is 7.45. The van der Waals surface area contributed by atoms with Gasteiger partial charge in [0.1, 0.15) is 28.9 Å². The number of nitrogens with zero attached hydrogens (tertiary/aromatic N) is 7. The van der Waals surface area contributed by atoms with Gasteiger partial charge in [0, 0.05) is 24.9 Å². The SMILES string of the molecule is O=C(c1nnc(-c2ccc(F)cn2)o1)N1CCc2[nH]cnc2C1c1cc2c(F)cccn2n1. The minimum Gasteiger partial charge on any atom is -0.411 e. The minimum atomic E-state index is -0.689. The monoisotopic (exact) mass is 448 g/mol. The van der Waals surface area contributed by atoms with E-state index < -0.39 is 23.6 Å². The third-order valence-corrected chi connectivity index (χ3v) is 5.49. The number of amides is 1. The van der Waals surface area contributed by atoms with E-state index in [1.165, 1.54) is 27.6 Å². The molecule has 0 fully saturated rings. The lowest BCUT2D eigenvalue weighted by molar-refractivity contribution is 0.0646. The summed E-state index contributed by atoms with van der Waals surface area (Å²) in [4.78, 5) is 26.3. The van der Waals surface area contributed by atoms with E-state index in [9.17, 15) is 13.6 Å². The number of carbonyl (C=O) groups is 1. The number of carbonyl (C=O) groups excluding carboxylic acids is 1. The van der Waals surface area contributed by atoms with Crippen LogP contribution in [0.2, 0.25) is 0 Å². The molecule has 0 saturated carbocycles. The Bertz CT molecular complexity index is 1490. The van der Waals surface area contributed by atoms with Crippen molar-refractivity contribution in [2.75, 3.05) is 6.54 Å². The van der Waals surface area contributed by atoms with E-state index in [2.05, 4.69) is 30.2 Å². The molecule has 0 radical (unpaired) electrons. The number of hydrogen-bond acceptors (Lipinski definition) is 7. The summed E-state index contributed by atoms with van der Waals surface area (Å²) < 4.78 is 34.4. The molecule has 1 atom stereocenters. The van der Waals surface area contributed by atoms with E-state index in [4.69, 9.17) is 4.42 Å². The smallest absolute Gasteiger partial charge is 0.312 e. The van der Waals surface area contributed by atoms with Gasteiger partial charge in [-0.25, -0.2) is 23.3 Å². The number of halogens is 2. The number of imidazole rings is 1. The number of aromatic nitrogens is 7. The Morgan fingerprint density at radius 3 is 2.91 bits per heavy atom. The third kappa shape index (κ3) is 3.14. The lowest BCUT2D eigenvalue weighted by Gasteiger charge is -2.32. The Hall–Kier alpha value is -4.48. The zero-order valence-electron chi connectivity index (χ0n) is 16.8. The molecule has 0 saturated heterocycles. The van der Waals surface area contributed by atoms with Crippen LogP contribution in [0.15, 0.2) is 53.5 Å². The van der Waals surface area contributed by atoms with Gasteiger partial charge in [-0.2, -0.15) is 5.10 Å². The van der Waals surface area contributed by atoms with Gasteiger partial charge in [-0.1, -0.05) is 0 Å². The predicted octanol–water partition coefficient (Wildman–Crippen LogP) is 2.57. The lowest BCUT2D eigenvalue weighted by Crippen LogP contribution is -2.41. The molecule has 12 heteroatoms. The Kier molecular flexibility index (Phi) is 4.25. The van der Waals surface area contributed by atoms with E-state index in [-0.39, 0.29) is 23.0 Å². The van der Waals surface area contributed by atoms with Crippen LogP contribution in [0.3, 0.4) is 0 Å². The summed E-state index contributed by atoms with van der Waals surface area (Å²) >= 11 is 0. The van der Waals surface area contributed by atoms with Crippen LogP contribution < -0.4 is 0 Å². The number of aromatic amines is 1. The highest BCUT2D eigenvalue weighted by Gasteiger charge is 2.38. The van der Waals surface area contributed by atoms with Gasteiger partial charge >= 0.3 is 11.8 Å². The fourth-order valence-electron chi connectivity index (χ4n) is 3.97. The molecule has 1 N–H and O–H groups in total. The first kappa shape index (κ1) is 19.2. The zero-order valence-corrected chi connectivity index (χ0v) is 16.8. The Labute approximate surface area is 183 Å². The maximum Gasteiger partial charge on any atom is 0.312 e. The molecule has 0 bridgehead atoms. The van der Waals surface area contributed by atoms with Gasteiger partial charge in [0.25, 0.3) is 5.89 Å². The first-order valence-electron chi connectivity index (χ1n) is 10.0. The van der Waals surface area contributed by atoms with Crippen LogP contribution in [0.4, 0.5) is 8.78 Å². The minimum absolute atomic E-state index is 0.0119. The number of hydrogen-bond donors (Lipinski definition) is 1. The molecule has 10 nitrogen and oxygen atoms in total. The van der Waals surface area contributed by atoms with Crippen LogP contribution in [-0.4, -0.2) is 52.1 Å². The molecular formula is C21H14F2N8O2. The normalized spacial score (nSPS) is 15.7. The molecule has 33 heavy (non-hydrogen) atoms. The topological polar surface area (TPSA) is 118 Å². The first-order chi connectivity index (χ1) is 16.1. The van der Waals surface area contributed by atoms with E-state index in [1.807, 2.05) is 0 Å². The summed E-state index contributed by atoms with van der Waals surface area (Å²) in [6, 6.07) is 6.37. The van der Waals surface area contributed by atoms with Gasteiger partial charge in [0.05, 0.1) is 23.9 Å². The molecule has 1 aliphatic heterocycles. The van der Waals surface area contributed by atoms with E-state index >= 15 is 0 Å². The second-order valence-electron chi connectivity index (χ2n) is 7.45. The molecular weight excluding hydrogens is 434 g/mol. The van der Waals surface area contributed by atoms with Gasteiger partial charge in [0.15, 0.2) is 0 Å². The zero-order chi connectivity index (χ0) is 22.5. The van der Waals surface area contributed by atoms with Crippen molar-refractivity contribution < 1.29 is 18.0 Å². The highest BCUT2D eigenvalue weighted by Crippen LogP contribution is 2.34. The van der Waals surface area contributed by atoms with E-state index in [0.717, 1.165) is 11.9 Å². The molecule has 1 aliphatic rings. The van der Waals surface area contributed by atoms with Gasteiger partial charge in [0.2, 0.25) is 0 Å². The third-order valence-electron chi connectivity index (χ3n) is 5.49. The van der Waals surface area contributed by atoms with Crippen LogP contribution in [0.25, 0.3) is 17.1 Å². The largest absolute Gasteiger partial charge is 0.411 e. The van der Waals surface area contributed by atoms with Crippen molar-refractivity contribution in [1.29, 1.82) is 0 Å². The molecule has 0 spiro atoms. The lowest BCUT2D eigenvalue weighted by atomic mass is 9.99. The van der Waals surface area contributed by atoms with Crippen LogP contribution in [0.1, 0.15) is 33.8 Å². The molecule has 5 aromatic rings. The van der Waals surface area contributed by atoms with Crippen molar-refractivity contribution in [2.24, 2.45) is 0 Å². The molecule has 6 heterocycles. The number of H-pyrrole nitrogens is 1. The van der Waals surface area contributed by atoms with Crippen molar-refractivity contribution in [3.63, 3.8) is 0 Å². The van der Waals surface area contributed by atoms with E-state index in [0.29, 0.717) is 24.4 Å². The molecule has 1 amide bonds. The predicted molar refractivity (Wildman–Crippen MR) is 108 cm³/mol. The fraction of sp³-hybridized carbons (Fsp3) is 0.143. The summed E-state index contributed by atoms with van der Waals surface area (Å²) in [5.74, 6) is -1.74. The summed E-state index contributed by atoms with van der Waals surface area (Å²) in [7, 11) is 0. The first-order valence-corrected chi connectivity index (χ1v) is 10.0. The summed E-state index contributed by atoms with van der Waals surface area (Å²) in [5, 5.41) is 12.2. The van der Waals surface area contributed by atoms with Crippen LogP contribution in [0.5, 0.6) is 0 Å². The molecule has 164 valence electrons. The fourth-order valence-corrected chi connectivity index (χ4v) is 3.97. The average Bonchev–Trinajstić information content (AvgIpc) is 3.57. The van der Waals surface area contributed by atoms with Crippen molar-refractivity contribution in [3.05, 3.63) is 83.7 Å². The maximum absolute atomic E-state index is 14.3. The standard InChI is InChI=1S/C21H14F2N8O2/c22-11-3-4-14(24-9-11)19-27-28-20(33-19)21(32)30-7-5-13-17(26-10-25-13)18(30)15-8-16-12(23)2-1-6-31(16)29-15/h1-4,6,8-10,18H,5,7H2,(H,25,26). The van der Waals surface area contributed by atoms with Crippen molar-refractivity contribution in [1.82, 2.24) is 39.7 Å².